The lowest BCUT2D eigenvalue weighted by Crippen LogP contribution is -2.35. The molecule has 7 heteroatoms. The van der Waals surface area contributed by atoms with E-state index in [-0.39, 0.29) is 30.7 Å². The van der Waals surface area contributed by atoms with Crippen molar-refractivity contribution in [3.05, 3.63) is 29.8 Å². The monoisotopic (exact) mass is 361 g/mol. The molecule has 0 saturated heterocycles. The minimum Gasteiger partial charge on any atom is -0.444 e. The summed E-state index contributed by atoms with van der Waals surface area (Å²) in [6, 6.07) is 7.40. The van der Waals surface area contributed by atoms with Crippen molar-refractivity contribution in [3.8, 4) is 0 Å². The molecule has 0 heterocycles. The zero-order valence-corrected chi connectivity index (χ0v) is 15.6. The molecule has 0 aromatic heterocycles. The van der Waals surface area contributed by atoms with Crippen molar-refractivity contribution < 1.29 is 19.1 Å². The standard InChI is InChI=1S/C19H27N3O4/c1-19(2,3)26-18(25)20-10-9-16(23)21-12-13-5-4-6-15(11-13)22-17(24)14-7-8-14/h4-6,11,14H,7-10,12H2,1-3H3,(H,20,25)(H,21,23)(H,22,24). The number of anilines is 1. The highest BCUT2D eigenvalue weighted by atomic mass is 16.6. The maximum Gasteiger partial charge on any atom is 0.407 e. The van der Waals surface area contributed by atoms with E-state index >= 15 is 0 Å². The first kappa shape index (κ1) is 19.8. The number of carbonyl (C=O) groups excluding carboxylic acids is 3. The van der Waals surface area contributed by atoms with Crippen LogP contribution in [0.25, 0.3) is 0 Å². The van der Waals surface area contributed by atoms with Crippen molar-refractivity contribution in [3.63, 3.8) is 0 Å². The molecular weight excluding hydrogens is 334 g/mol. The summed E-state index contributed by atoms with van der Waals surface area (Å²) in [5.41, 5.74) is 1.07. The zero-order chi connectivity index (χ0) is 19.2. The Morgan fingerprint density at radius 1 is 1.15 bits per heavy atom. The fourth-order valence-corrected chi connectivity index (χ4v) is 2.23. The molecule has 1 aromatic rings. The van der Waals surface area contributed by atoms with Crippen LogP contribution in [0.2, 0.25) is 0 Å². The Kier molecular flexibility index (Phi) is 6.60. The number of ether oxygens (including phenoxy) is 1. The Morgan fingerprint density at radius 3 is 2.54 bits per heavy atom. The lowest BCUT2D eigenvalue weighted by atomic mass is 10.2. The zero-order valence-electron chi connectivity index (χ0n) is 15.6. The van der Waals surface area contributed by atoms with Crippen LogP contribution in [-0.4, -0.2) is 30.1 Å². The highest BCUT2D eigenvalue weighted by molar-refractivity contribution is 5.94. The molecule has 0 unspecified atom stereocenters. The molecule has 0 spiro atoms. The minimum absolute atomic E-state index is 0.0550. The van der Waals surface area contributed by atoms with Gasteiger partial charge in [-0.1, -0.05) is 12.1 Å². The van der Waals surface area contributed by atoms with Crippen LogP contribution in [0.15, 0.2) is 24.3 Å². The molecule has 0 radical (unpaired) electrons. The summed E-state index contributed by atoms with van der Waals surface area (Å²) in [5, 5.41) is 8.22. The van der Waals surface area contributed by atoms with E-state index in [0.29, 0.717) is 6.54 Å². The SMILES string of the molecule is CC(C)(C)OC(=O)NCCC(=O)NCc1cccc(NC(=O)C2CC2)c1. The average Bonchev–Trinajstić information content (AvgIpc) is 3.36. The van der Waals surface area contributed by atoms with E-state index in [1.807, 2.05) is 24.3 Å². The highest BCUT2D eigenvalue weighted by Gasteiger charge is 2.29. The Hall–Kier alpha value is -2.57. The molecule has 0 bridgehead atoms. The molecule has 1 saturated carbocycles. The first-order valence-electron chi connectivity index (χ1n) is 8.86. The third-order valence-electron chi connectivity index (χ3n) is 3.65. The topological polar surface area (TPSA) is 96.5 Å². The summed E-state index contributed by atoms with van der Waals surface area (Å²) in [4.78, 5) is 35.2. The van der Waals surface area contributed by atoms with Crippen LogP contribution in [-0.2, 0) is 20.9 Å². The van der Waals surface area contributed by atoms with Crippen LogP contribution in [0.5, 0.6) is 0 Å². The molecule has 7 nitrogen and oxygen atoms in total. The van der Waals surface area contributed by atoms with E-state index in [9.17, 15) is 14.4 Å². The predicted molar refractivity (Wildman–Crippen MR) is 98.5 cm³/mol. The Bertz CT molecular complexity index is 663. The van der Waals surface area contributed by atoms with Crippen molar-refractivity contribution in [2.45, 2.75) is 52.2 Å². The van der Waals surface area contributed by atoms with Gasteiger partial charge < -0.3 is 20.7 Å². The van der Waals surface area contributed by atoms with Crippen molar-refractivity contribution in [2.75, 3.05) is 11.9 Å². The smallest absolute Gasteiger partial charge is 0.407 e. The summed E-state index contributed by atoms with van der Waals surface area (Å²) >= 11 is 0. The third kappa shape index (κ3) is 7.55. The molecule has 1 aliphatic carbocycles. The van der Waals surface area contributed by atoms with E-state index in [2.05, 4.69) is 16.0 Å². The van der Waals surface area contributed by atoms with Crippen LogP contribution in [0.4, 0.5) is 10.5 Å². The van der Waals surface area contributed by atoms with Gasteiger partial charge in [-0.05, 0) is 51.3 Å². The first-order chi connectivity index (χ1) is 12.2. The maximum atomic E-state index is 11.9. The lowest BCUT2D eigenvalue weighted by Gasteiger charge is -2.19. The summed E-state index contributed by atoms with van der Waals surface area (Å²) in [7, 11) is 0. The molecule has 3 amide bonds. The van der Waals surface area contributed by atoms with Crippen LogP contribution >= 0.6 is 0 Å². The van der Waals surface area contributed by atoms with E-state index in [4.69, 9.17) is 4.74 Å². The van der Waals surface area contributed by atoms with Gasteiger partial charge in [-0.3, -0.25) is 9.59 Å². The number of hydrogen-bond acceptors (Lipinski definition) is 4. The number of nitrogens with one attached hydrogen (secondary N) is 3. The molecule has 1 fully saturated rings. The second kappa shape index (κ2) is 8.69. The Morgan fingerprint density at radius 2 is 1.88 bits per heavy atom. The molecule has 142 valence electrons. The molecule has 0 atom stereocenters. The Labute approximate surface area is 153 Å². The highest BCUT2D eigenvalue weighted by Crippen LogP contribution is 2.30. The van der Waals surface area contributed by atoms with Gasteiger partial charge in [0.2, 0.25) is 11.8 Å². The quantitative estimate of drug-likeness (QED) is 0.695. The van der Waals surface area contributed by atoms with E-state index in [1.54, 1.807) is 20.8 Å². The second-order valence-corrected chi connectivity index (χ2v) is 7.42. The van der Waals surface area contributed by atoms with Crippen molar-refractivity contribution in [1.82, 2.24) is 10.6 Å². The molecule has 1 aliphatic rings. The molecule has 2 rings (SSSR count). The van der Waals surface area contributed by atoms with Crippen molar-refractivity contribution in [2.24, 2.45) is 5.92 Å². The van der Waals surface area contributed by atoms with Gasteiger partial charge in [0.15, 0.2) is 0 Å². The molecule has 0 aliphatic heterocycles. The normalized spacial score (nSPS) is 13.7. The van der Waals surface area contributed by atoms with Gasteiger partial charge in [0.1, 0.15) is 5.60 Å². The van der Waals surface area contributed by atoms with Crippen LogP contribution < -0.4 is 16.0 Å². The van der Waals surface area contributed by atoms with Crippen molar-refractivity contribution in [1.29, 1.82) is 0 Å². The Balaban J connectivity index is 1.68. The van der Waals surface area contributed by atoms with Gasteiger partial charge in [0, 0.05) is 31.1 Å². The number of carbonyl (C=O) groups is 3. The summed E-state index contributed by atoms with van der Waals surface area (Å²) in [6.45, 7) is 5.90. The fraction of sp³-hybridized carbons (Fsp3) is 0.526. The van der Waals surface area contributed by atoms with Gasteiger partial charge >= 0.3 is 6.09 Å². The van der Waals surface area contributed by atoms with Gasteiger partial charge in [0.25, 0.3) is 0 Å². The van der Waals surface area contributed by atoms with Crippen LogP contribution in [0.3, 0.4) is 0 Å². The summed E-state index contributed by atoms with van der Waals surface area (Å²) in [5.74, 6) is 0.0312. The number of rotatable bonds is 7. The largest absolute Gasteiger partial charge is 0.444 e. The molecule has 26 heavy (non-hydrogen) atoms. The second-order valence-electron chi connectivity index (χ2n) is 7.42. The number of amides is 3. The number of benzene rings is 1. The average molecular weight is 361 g/mol. The van der Waals surface area contributed by atoms with Crippen molar-refractivity contribution >= 4 is 23.6 Å². The first-order valence-corrected chi connectivity index (χ1v) is 8.86. The third-order valence-corrected chi connectivity index (χ3v) is 3.65. The number of hydrogen-bond donors (Lipinski definition) is 3. The van der Waals surface area contributed by atoms with Gasteiger partial charge in [-0.25, -0.2) is 4.79 Å². The van der Waals surface area contributed by atoms with Gasteiger partial charge in [0.05, 0.1) is 0 Å². The summed E-state index contributed by atoms with van der Waals surface area (Å²) in [6.07, 6.45) is 1.54. The molecule has 1 aromatic carbocycles. The lowest BCUT2D eigenvalue weighted by molar-refractivity contribution is -0.121. The minimum atomic E-state index is -0.563. The number of alkyl carbamates (subject to hydrolysis) is 1. The maximum absolute atomic E-state index is 11.9. The molecular formula is C19H27N3O4. The predicted octanol–water partition coefficient (Wildman–Crippen LogP) is 2.57. The van der Waals surface area contributed by atoms with Crippen LogP contribution in [0.1, 0.15) is 45.6 Å². The van der Waals surface area contributed by atoms with Crippen LogP contribution in [0, 0.1) is 5.92 Å². The van der Waals surface area contributed by atoms with E-state index < -0.39 is 11.7 Å². The fourth-order valence-electron chi connectivity index (χ4n) is 2.23. The van der Waals surface area contributed by atoms with Gasteiger partial charge in [-0.15, -0.1) is 0 Å². The molecule has 3 N–H and O–H groups in total. The van der Waals surface area contributed by atoms with E-state index in [0.717, 1.165) is 24.1 Å². The van der Waals surface area contributed by atoms with Gasteiger partial charge in [-0.2, -0.15) is 0 Å². The summed E-state index contributed by atoms with van der Waals surface area (Å²) < 4.78 is 5.10. The van der Waals surface area contributed by atoms with E-state index in [1.165, 1.54) is 0 Å².